The lowest BCUT2D eigenvalue weighted by Gasteiger charge is -2.15. The SMILES string of the molecule is COc1cc(CNC(=O)c2ccccc2SCc2noc(C)n2)cc(OC)c1OC. The van der Waals surface area contributed by atoms with Crippen LogP contribution in [0.3, 0.4) is 0 Å². The van der Waals surface area contributed by atoms with Gasteiger partial charge in [0.05, 0.1) is 32.6 Å². The zero-order valence-corrected chi connectivity index (χ0v) is 18.0. The normalized spacial score (nSPS) is 10.5. The van der Waals surface area contributed by atoms with E-state index in [0.29, 0.717) is 46.8 Å². The molecular formula is C21H23N3O5S. The van der Waals surface area contributed by atoms with Gasteiger partial charge in [-0.25, -0.2) is 0 Å². The maximum absolute atomic E-state index is 12.8. The highest BCUT2D eigenvalue weighted by molar-refractivity contribution is 7.98. The fourth-order valence-electron chi connectivity index (χ4n) is 2.84. The number of nitrogens with one attached hydrogen (secondary N) is 1. The first-order chi connectivity index (χ1) is 14.5. The summed E-state index contributed by atoms with van der Waals surface area (Å²) in [5, 5.41) is 6.83. The topological polar surface area (TPSA) is 95.7 Å². The summed E-state index contributed by atoms with van der Waals surface area (Å²) in [7, 11) is 4.66. The third-order valence-corrected chi connectivity index (χ3v) is 5.31. The van der Waals surface area contributed by atoms with Crippen LogP contribution in [0.2, 0.25) is 0 Å². The van der Waals surface area contributed by atoms with Gasteiger partial charge in [-0.3, -0.25) is 4.79 Å². The molecule has 1 heterocycles. The number of hydrogen-bond acceptors (Lipinski definition) is 8. The number of amides is 1. The highest BCUT2D eigenvalue weighted by atomic mass is 32.2. The van der Waals surface area contributed by atoms with Crippen LogP contribution in [0.25, 0.3) is 0 Å². The number of rotatable bonds is 9. The molecule has 0 saturated carbocycles. The van der Waals surface area contributed by atoms with Crippen LogP contribution >= 0.6 is 11.8 Å². The lowest BCUT2D eigenvalue weighted by molar-refractivity contribution is 0.0948. The van der Waals surface area contributed by atoms with E-state index in [2.05, 4.69) is 15.5 Å². The Balaban J connectivity index is 1.71. The number of aryl methyl sites for hydroxylation is 1. The van der Waals surface area contributed by atoms with E-state index in [1.807, 2.05) is 18.2 Å². The van der Waals surface area contributed by atoms with E-state index < -0.39 is 0 Å². The number of benzene rings is 2. The Kier molecular flexibility index (Phi) is 7.18. The van der Waals surface area contributed by atoms with Gasteiger partial charge in [0.15, 0.2) is 17.3 Å². The summed E-state index contributed by atoms with van der Waals surface area (Å²) in [5.74, 6) is 3.01. The third kappa shape index (κ3) is 5.04. The molecule has 0 saturated heterocycles. The van der Waals surface area contributed by atoms with E-state index >= 15 is 0 Å². The molecule has 0 aliphatic heterocycles. The van der Waals surface area contributed by atoms with Crippen LogP contribution < -0.4 is 19.5 Å². The number of hydrogen-bond donors (Lipinski definition) is 1. The zero-order valence-electron chi connectivity index (χ0n) is 17.2. The molecule has 2 aromatic carbocycles. The Morgan fingerprint density at radius 3 is 2.40 bits per heavy atom. The number of thioether (sulfide) groups is 1. The van der Waals surface area contributed by atoms with Gasteiger partial charge in [0.25, 0.3) is 5.91 Å². The second-order valence-corrected chi connectivity index (χ2v) is 7.25. The minimum Gasteiger partial charge on any atom is -0.493 e. The van der Waals surface area contributed by atoms with E-state index in [4.69, 9.17) is 18.7 Å². The van der Waals surface area contributed by atoms with E-state index in [1.54, 1.807) is 46.5 Å². The third-order valence-electron chi connectivity index (χ3n) is 4.24. The maximum Gasteiger partial charge on any atom is 0.252 e. The summed E-state index contributed by atoms with van der Waals surface area (Å²) in [6.45, 7) is 2.05. The monoisotopic (exact) mass is 429 g/mol. The highest BCUT2D eigenvalue weighted by Crippen LogP contribution is 2.38. The first-order valence-corrected chi connectivity index (χ1v) is 10.1. The van der Waals surface area contributed by atoms with Crippen molar-refractivity contribution in [2.45, 2.75) is 24.1 Å². The molecule has 0 bridgehead atoms. The van der Waals surface area contributed by atoms with Crippen molar-refractivity contribution in [1.29, 1.82) is 0 Å². The number of ether oxygens (including phenoxy) is 3. The molecule has 158 valence electrons. The molecule has 0 aliphatic carbocycles. The molecule has 1 amide bonds. The average Bonchev–Trinajstić information content (AvgIpc) is 3.20. The van der Waals surface area contributed by atoms with E-state index in [0.717, 1.165) is 10.5 Å². The maximum atomic E-state index is 12.8. The minimum absolute atomic E-state index is 0.184. The molecule has 8 nitrogen and oxygen atoms in total. The molecular weight excluding hydrogens is 406 g/mol. The number of methoxy groups -OCH3 is 3. The van der Waals surface area contributed by atoms with Gasteiger partial charge in [0.2, 0.25) is 11.6 Å². The summed E-state index contributed by atoms with van der Waals surface area (Å²) in [6, 6.07) is 11.0. The Labute approximate surface area is 178 Å². The Hall–Kier alpha value is -3.20. The van der Waals surface area contributed by atoms with Crippen molar-refractivity contribution in [3.05, 3.63) is 59.2 Å². The molecule has 0 unspecified atom stereocenters. The van der Waals surface area contributed by atoms with Crippen LogP contribution in [-0.4, -0.2) is 37.4 Å². The minimum atomic E-state index is -0.184. The molecule has 0 radical (unpaired) electrons. The van der Waals surface area contributed by atoms with Crippen molar-refractivity contribution >= 4 is 17.7 Å². The Morgan fingerprint density at radius 2 is 1.80 bits per heavy atom. The van der Waals surface area contributed by atoms with Crippen molar-refractivity contribution in [2.24, 2.45) is 0 Å². The predicted molar refractivity (Wildman–Crippen MR) is 112 cm³/mol. The summed E-state index contributed by atoms with van der Waals surface area (Å²) >= 11 is 1.48. The molecule has 3 aromatic rings. The Morgan fingerprint density at radius 1 is 1.10 bits per heavy atom. The number of carbonyl (C=O) groups is 1. The molecule has 30 heavy (non-hydrogen) atoms. The van der Waals surface area contributed by atoms with Gasteiger partial charge in [-0.15, -0.1) is 11.8 Å². The Bertz CT molecular complexity index is 996. The number of aromatic nitrogens is 2. The summed E-state index contributed by atoms with van der Waals surface area (Å²) in [5.41, 5.74) is 1.40. The highest BCUT2D eigenvalue weighted by Gasteiger charge is 2.16. The molecule has 9 heteroatoms. The summed E-state index contributed by atoms with van der Waals surface area (Å²) in [4.78, 5) is 17.9. The van der Waals surface area contributed by atoms with Crippen molar-refractivity contribution in [1.82, 2.24) is 15.5 Å². The van der Waals surface area contributed by atoms with E-state index in [9.17, 15) is 4.79 Å². The van der Waals surface area contributed by atoms with E-state index in [-0.39, 0.29) is 5.91 Å². The second kappa shape index (κ2) is 10.0. The van der Waals surface area contributed by atoms with Crippen LogP contribution in [0.1, 0.15) is 27.6 Å². The largest absolute Gasteiger partial charge is 0.493 e. The van der Waals surface area contributed by atoms with Gasteiger partial charge >= 0.3 is 0 Å². The fraction of sp³-hybridized carbons (Fsp3) is 0.286. The zero-order chi connectivity index (χ0) is 21.5. The van der Waals surface area contributed by atoms with E-state index in [1.165, 1.54) is 11.8 Å². The van der Waals surface area contributed by atoms with Gasteiger partial charge in [-0.1, -0.05) is 17.3 Å². The van der Waals surface area contributed by atoms with Gasteiger partial charge < -0.3 is 24.1 Å². The van der Waals surface area contributed by atoms with Crippen LogP contribution in [0, 0.1) is 6.92 Å². The van der Waals surface area contributed by atoms with Crippen LogP contribution in [-0.2, 0) is 12.3 Å². The number of nitrogens with zero attached hydrogens (tertiary/aromatic N) is 2. The standard InChI is InChI=1S/C21H23N3O5S/c1-13-23-19(24-29-13)12-30-18-8-6-5-7-15(18)21(25)22-11-14-9-16(26-2)20(28-4)17(10-14)27-3/h5-10H,11-12H2,1-4H3,(H,22,25). The van der Waals surface area contributed by atoms with Crippen LogP contribution in [0.15, 0.2) is 45.8 Å². The quantitative estimate of drug-likeness (QED) is 0.515. The summed E-state index contributed by atoms with van der Waals surface area (Å²) in [6.07, 6.45) is 0. The lowest BCUT2D eigenvalue weighted by atomic mass is 10.1. The molecule has 1 aromatic heterocycles. The average molecular weight is 429 g/mol. The molecule has 1 N–H and O–H groups in total. The van der Waals surface area contributed by atoms with Crippen molar-refractivity contribution < 1.29 is 23.5 Å². The molecule has 0 aliphatic rings. The smallest absolute Gasteiger partial charge is 0.252 e. The van der Waals surface area contributed by atoms with Crippen molar-refractivity contribution in [3.63, 3.8) is 0 Å². The first kappa shape index (κ1) is 21.5. The summed E-state index contributed by atoms with van der Waals surface area (Å²) < 4.78 is 21.1. The van der Waals surface area contributed by atoms with Crippen molar-refractivity contribution in [3.8, 4) is 17.2 Å². The molecule has 0 atom stereocenters. The molecule has 3 rings (SSSR count). The molecule has 0 fully saturated rings. The number of carbonyl (C=O) groups excluding carboxylic acids is 1. The lowest BCUT2D eigenvalue weighted by Crippen LogP contribution is -2.23. The first-order valence-electron chi connectivity index (χ1n) is 9.13. The van der Waals surface area contributed by atoms with Crippen LogP contribution in [0.5, 0.6) is 17.2 Å². The van der Waals surface area contributed by atoms with Gasteiger partial charge in [-0.2, -0.15) is 4.98 Å². The molecule has 0 spiro atoms. The van der Waals surface area contributed by atoms with Crippen LogP contribution in [0.4, 0.5) is 0 Å². The predicted octanol–water partition coefficient (Wildman–Crippen LogP) is 3.63. The van der Waals surface area contributed by atoms with Gasteiger partial charge in [-0.05, 0) is 29.8 Å². The second-order valence-electron chi connectivity index (χ2n) is 6.23. The fourth-order valence-corrected chi connectivity index (χ4v) is 3.73. The van der Waals surface area contributed by atoms with Gasteiger partial charge in [0, 0.05) is 18.4 Å². The van der Waals surface area contributed by atoms with Crippen molar-refractivity contribution in [2.75, 3.05) is 21.3 Å². The van der Waals surface area contributed by atoms with Gasteiger partial charge in [0.1, 0.15) is 0 Å².